The second kappa shape index (κ2) is 8.54. The molecule has 3 unspecified atom stereocenters. The first-order chi connectivity index (χ1) is 17.8. The Hall–Kier alpha value is -4.64. The van der Waals surface area contributed by atoms with Gasteiger partial charge in [0, 0.05) is 16.8 Å². The van der Waals surface area contributed by atoms with E-state index in [2.05, 4.69) is 82.7 Å². The fourth-order valence-corrected chi connectivity index (χ4v) is 4.96. The summed E-state index contributed by atoms with van der Waals surface area (Å²) < 4.78 is 12.3. The van der Waals surface area contributed by atoms with E-state index in [0.717, 1.165) is 45.3 Å². The second-order valence-corrected chi connectivity index (χ2v) is 9.16. The maximum atomic E-state index is 6.13. The number of nitrogens with one attached hydrogen (secondary N) is 3. The molecule has 3 aliphatic heterocycles. The molecule has 7 rings (SSSR count). The van der Waals surface area contributed by atoms with Gasteiger partial charge in [-0.1, -0.05) is 72.8 Å². The third-order valence-electron chi connectivity index (χ3n) is 6.79. The minimum atomic E-state index is -0.197. The Morgan fingerprint density at radius 3 is 1.86 bits per heavy atom. The largest absolute Gasteiger partial charge is 0.464 e. The molecule has 5 heteroatoms. The highest BCUT2D eigenvalue weighted by Gasteiger charge is 2.25. The molecule has 4 aromatic rings. The average molecular weight is 472 g/mol. The van der Waals surface area contributed by atoms with Crippen molar-refractivity contribution < 1.29 is 9.47 Å². The van der Waals surface area contributed by atoms with Gasteiger partial charge in [0.15, 0.2) is 12.5 Å². The van der Waals surface area contributed by atoms with E-state index in [1.165, 1.54) is 5.56 Å². The third kappa shape index (κ3) is 3.75. The molecule has 4 aromatic carbocycles. The molecule has 0 spiro atoms. The summed E-state index contributed by atoms with van der Waals surface area (Å²) in [4.78, 5) is 0. The van der Waals surface area contributed by atoms with Gasteiger partial charge in [0.25, 0.3) is 0 Å². The van der Waals surface area contributed by atoms with Crippen LogP contribution in [-0.2, 0) is 0 Å². The highest BCUT2D eigenvalue weighted by atomic mass is 16.5. The number of hydrogen-bond donors (Lipinski definition) is 3. The fourth-order valence-electron chi connectivity index (χ4n) is 4.96. The molecular weight excluding hydrogens is 446 g/mol. The van der Waals surface area contributed by atoms with Gasteiger partial charge < -0.3 is 25.4 Å². The minimum Gasteiger partial charge on any atom is -0.464 e. The Morgan fingerprint density at radius 1 is 0.556 bits per heavy atom. The molecule has 0 bridgehead atoms. The summed E-state index contributed by atoms with van der Waals surface area (Å²) in [6, 6.07) is 33.2. The van der Waals surface area contributed by atoms with E-state index < -0.39 is 0 Å². The van der Waals surface area contributed by atoms with Crippen molar-refractivity contribution in [2.24, 2.45) is 0 Å². The summed E-state index contributed by atoms with van der Waals surface area (Å²) >= 11 is 0. The van der Waals surface area contributed by atoms with Gasteiger partial charge in [0.2, 0.25) is 0 Å². The highest BCUT2D eigenvalue weighted by molar-refractivity contribution is 5.69. The topological polar surface area (TPSA) is 54.5 Å². The van der Waals surface area contributed by atoms with Crippen LogP contribution in [0.25, 0.3) is 5.70 Å². The van der Waals surface area contributed by atoms with Crippen molar-refractivity contribution in [3.05, 3.63) is 138 Å². The van der Waals surface area contributed by atoms with Crippen LogP contribution >= 0.6 is 0 Å². The van der Waals surface area contributed by atoms with Crippen LogP contribution in [0.4, 0.5) is 11.4 Å². The van der Waals surface area contributed by atoms with Gasteiger partial charge in [-0.2, -0.15) is 0 Å². The van der Waals surface area contributed by atoms with E-state index in [1.54, 1.807) is 0 Å². The summed E-state index contributed by atoms with van der Waals surface area (Å²) in [5, 5.41) is 10.6. The van der Waals surface area contributed by atoms with Crippen LogP contribution in [0, 0.1) is 0 Å². The molecular formula is C31H25N3O2. The zero-order valence-corrected chi connectivity index (χ0v) is 19.5. The lowest BCUT2D eigenvalue weighted by Crippen LogP contribution is -2.21. The lowest BCUT2D eigenvalue weighted by Gasteiger charge is -2.24. The van der Waals surface area contributed by atoms with Gasteiger partial charge >= 0.3 is 0 Å². The van der Waals surface area contributed by atoms with Crippen LogP contribution in [0.15, 0.2) is 115 Å². The van der Waals surface area contributed by atoms with Gasteiger partial charge in [0.1, 0.15) is 11.5 Å². The minimum absolute atomic E-state index is 0.0579. The predicted octanol–water partition coefficient (Wildman–Crippen LogP) is 6.93. The smallest absolute Gasteiger partial charge is 0.196 e. The standard InChI is InChI=1S/C31H25N3O2/c1-3-16-28-26(12-1)33-30(35-28)22-10-5-8-20(18-22)24-14-7-15-25(32-24)21-9-6-11-23(19-21)31-34-27-13-2-4-17-29(27)36-31/h1-19,24,30-34H. The monoisotopic (exact) mass is 471 g/mol. The SMILES string of the molecule is C1=CC(c2cccc(C3Nc4ccccc4O3)c2)NC(c2cccc(C3Nc4ccccc4O3)c2)=C1. The summed E-state index contributed by atoms with van der Waals surface area (Å²) in [5.74, 6) is 1.77. The van der Waals surface area contributed by atoms with Crippen molar-refractivity contribution in [2.45, 2.75) is 18.5 Å². The average Bonchev–Trinajstić information content (AvgIpc) is 3.58. The number of dihydropyridines is 1. The molecule has 3 atom stereocenters. The van der Waals surface area contributed by atoms with E-state index in [9.17, 15) is 0 Å². The number of ether oxygens (including phenoxy) is 2. The lowest BCUT2D eigenvalue weighted by atomic mass is 9.98. The van der Waals surface area contributed by atoms with Crippen molar-refractivity contribution in [1.29, 1.82) is 0 Å². The van der Waals surface area contributed by atoms with Crippen LogP contribution < -0.4 is 25.4 Å². The molecule has 176 valence electrons. The first-order valence-corrected chi connectivity index (χ1v) is 12.2. The van der Waals surface area contributed by atoms with Crippen molar-refractivity contribution in [2.75, 3.05) is 10.6 Å². The number of para-hydroxylation sites is 4. The Morgan fingerprint density at radius 2 is 1.17 bits per heavy atom. The lowest BCUT2D eigenvalue weighted by molar-refractivity contribution is 0.259. The first-order valence-electron chi connectivity index (χ1n) is 12.2. The van der Waals surface area contributed by atoms with E-state index in [1.807, 2.05) is 48.5 Å². The van der Waals surface area contributed by atoms with Crippen molar-refractivity contribution in [3.8, 4) is 11.5 Å². The van der Waals surface area contributed by atoms with Crippen LogP contribution in [0.2, 0.25) is 0 Å². The summed E-state index contributed by atoms with van der Waals surface area (Å²) in [6.07, 6.45) is 6.04. The normalized spacial score (nSPS) is 21.1. The van der Waals surface area contributed by atoms with Crippen LogP contribution in [-0.4, -0.2) is 0 Å². The zero-order chi connectivity index (χ0) is 23.9. The molecule has 36 heavy (non-hydrogen) atoms. The van der Waals surface area contributed by atoms with Gasteiger partial charge in [-0.05, 0) is 53.6 Å². The van der Waals surface area contributed by atoms with Crippen LogP contribution in [0.5, 0.6) is 11.5 Å². The molecule has 0 aromatic heterocycles. The maximum Gasteiger partial charge on any atom is 0.196 e. The number of fused-ring (bicyclic) bond motifs is 2. The summed E-state index contributed by atoms with van der Waals surface area (Å²) in [6.45, 7) is 0. The first kappa shape index (κ1) is 20.7. The molecule has 0 saturated carbocycles. The molecule has 0 amide bonds. The van der Waals surface area contributed by atoms with E-state index in [-0.39, 0.29) is 18.5 Å². The number of benzene rings is 4. The van der Waals surface area contributed by atoms with E-state index in [4.69, 9.17) is 9.47 Å². The molecule has 0 fully saturated rings. The summed E-state index contributed by atoms with van der Waals surface area (Å²) in [7, 11) is 0. The van der Waals surface area contributed by atoms with Crippen molar-refractivity contribution in [3.63, 3.8) is 0 Å². The number of hydrogen-bond acceptors (Lipinski definition) is 5. The molecule has 0 saturated heterocycles. The zero-order valence-electron chi connectivity index (χ0n) is 19.5. The molecule has 0 aliphatic carbocycles. The quantitative estimate of drug-likeness (QED) is 0.301. The number of rotatable bonds is 4. The third-order valence-corrected chi connectivity index (χ3v) is 6.79. The Kier molecular flexibility index (Phi) is 4.91. The number of allylic oxidation sites excluding steroid dienone is 2. The number of anilines is 2. The Balaban J connectivity index is 1.09. The predicted molar refractivity (Wildman–Crippen MR) is 143 cm³/mol. The van der Waals surface area contributed by atoms with Gasteiger partial charge in [-0.15, -0.1) is 0 Å². The van der Waals surface area contributed by atoms with Crippen molar-refractivity contribution in [1.82, 2.24) is 5.32 Å². The van der Waals surface area contributed by atoms with Crippen LogP contribution in [0.3, 0.4) is 0 Å². The fraction of sp³-hybridized carbons (Fsp3) is 0.0968. The summed E-state index contributed by atoms with van der Waals surface area (Å²) in [5.41, 5.74) is 7.61. The molecule has 0 radical (unpaired) electrons. The second-order valence-electron chi connectivity index (χ2n) is 9.16. The van der Waals surface area contributed by atoms with Gasteiger partial charge in [-0.25, -0.2) is 0 Å². The Labute approximate surface area is 210 Å². The Bertz CT molecular complexity index is 1460. The molecule has 3 N–H and O–H groups in total. The highest BCUT2D eigenvalue weighted by Crippen LogP contribution is 2.39. The van der Waals surface area contributed by atoms with Gasteiger partial charge in [-0.3, -0.25) is 0 Å². The maximum absolute atomic E-state index is 6.13. The van der Waals surface area contributed by atoms with Crippen LogP contribution in [0.1, 0.15) is 40.8 Å². The molecule has 3 heterocycles. The van der Waals surface area contributed by atoms with Gasteiger partial charge in [0.05, 0.1) is 17.4 Å². The molecule has 5 nitrogen and oxygen atoms in total. The molecule has 3 aliphatic rings. The van der Waals surface area contributed by atoms with E-state index in [0.29, 0.717) is 0 Å². The van der Waals surface area contributed by atoms with Crippen molar-refractivity contribution >= 4 is 17.1 Å². The van der Waals surface area contributed by atoms with E-state index >= 15 is 0 Å².